The van der Waals surface area contributed by atoms with Gasteiger partial charge >= 0.3 is 0 Å². The van der Waals surface area contributed by atoms with Crippen LogP contribution in [0.2, 0.25) is 0 Å². The number of hydrogen-bond donors (Lipinski definition) is 1. The van der Waals surface area contributed by atoms with E-state index >= 15 is 0 Å². The summed E-state index contributed by atoms with van der Waals surface area (Å²) in [5, 5.41) is 9.13. The van der Waals surface area contributed by atoms with Crippen LogP contribution in [0, 0.1) is 0 Å². The molecular weight excluding hydrogens is 474 g/mol. The highest BCUT2D eigenvalue weighted by atomic mass is 28.3. The van der Waals surface area contributed by atoms with E-state index in [1.165, 1.54) is 31.9 Å². The highest BCUT2D eigenvalue weighted by molar-refractivity contribution is 7.19. The molecule has 0 aliphatic rings. The summed E-state index contributed by atoms with van der Waals surface area (Å²) in [6.45, 7) is 0. The van der Waals surface area contributed by atoms with E-state index < -0.39 is 8.07 Å². The maximum absolute atomic E-state index is 3.60. The number of anilines is 2. The second-order valence-corrected chi connectivity index (χ2v) is 13.3. The van der Waals surface area contributed by atoms with Crippen molar-refractivity contribution >= 4 is 40.2 Å². The normalized spacial score (nSPS) is 11.2. The Labute approximate surface area is 226 Å². The molecule has 0 saturated heterocycles. The van der Waals surface area contributed by atoms with Crippen LogP contribution in [-0.2, 0) is 0 Å². The Balaban J connectivity index is 1.51. The zero-order valence-electron chi connectivity index (χ0n) is 21.2. The van der Waals surface area contributed by atoms with Gasteiger partial charge in [0.15, 0.2) is 8.07 Å². The molecule has 0 bridgehead atoms. The zero-order chi connectivity index (χ0) is 25.6. The Bertz CT molecular complexity index is 1500. The van der Waals surface area contributed by atoms with Crippen molar-refractivity contribution in [2.75, 3.05) is 5.32 Å². The lowest BCUT2D eigenvalue weighted by Crippen LogP contribution is -2.74. The van der Waals surface area contributed by atoms with Crippen molar-refractivity contribution < 1.29 is 0 Å². The van der Waals surface area contributed by atoms with Gasteiger partial charge < -0.3 is 5.32 Å². The van der Waals surface area contributed by atoms with Gasteiger partial charge in [-0.15, -0.1) is 0 Å². The van der Waals surface area contributed by atoms with Crippen molar-refractivity contribution in [1.82, 2.24) is 0 Å². The molecule has 0 unspecified atom stereocenters. The molecule has 182 valence electrons. The lowest BCUT2D eigenvalue weighted by Gasteiger charge is -2.34. The molecule has 38 heavy (non-hydrogen) atoms. The third-order valence-electron chi connectivity index (χ3n) is 7.23. The first-order valence-corrected chi connectivity index (χ1v) is 15.0. The van der Waals surface area contributed by atoms with Crippen LogP contribution >= 0.6 is 0 Å². The van der Waals surface area contributed by atoms with Crippen molar-refractivity contribution in [1.29, 1.82) is 0 Å². The number of hydrogen-bond acceptors (Lipinski definition) is 1. The molecule has 0 amide bonds. The lowest BCUT2D eigenvalue weighted by molar-refractivity contribution is 1.53. The van der Waals surface area contributed by atoms with Crippen molar-refractivity contribution in [2.45, 2.75) is 0 Å². The molecule has 1 N–H and O–H groups in total. The third-order valence-corrected chi connectivity index (χ3v) is 12.0. The van der Waals surface area contributed by atoms with Crippen molar-refractivity contribution in [3.8, 4) is 11.1 Å². The topological polar surface area (TPSA) is 12.0 Å². The molecule has 0 fully saturated rings. The molecule has 1 nitrogen and oxygen atoms in total. The monoisotopic (exact) mass is 503 g/mol. The molecule has 0 aliphatic carbocycles. The summed E-state index contributed by atoms with van der Waals surface area (Å²) >= 11 is 0. The first-order chi connectivity index (χ1) is 18.9. The molecule has 0 saturated carbocycles. The van der Waals surface area contributed by atoms with Crippen LogP contribution in [0.15, 0.2) is 170 Å². The smallest absolute Gasteiger partial charge is 0.179 e. The highest BCUT2D eigenvalue weighted by Crippen LogP contribution is 2.30. The molecule has 0 atom stereocenters. The van der Waals surface area contributed by atoms with Crippen LogP contribution in [0.4, 0.5) is 11.4 Å². The van der Waals surface area contributed by atoms with Crippen LogP contribution < -0.4 is 26.1 Å². The Morgan fingerprint density at radius 1 is 0.342 bits per heavy atom. The summed E-state index contributed by atoms with van der Waals surface area (Å²) in [5.74, 6) is 0. The van der Waals surface area contributed by atoms with E-state index in [1.54, 1.807) is 0 Å². The van der Waals surface area contributed by atoms with E-state index in [2.05, 4.69) is 169 Å². The van der Waals surface area contributed by atoms with Crippen LogP contribution in [0.3, 0.4) is 0 Å². The van der Waals surface area contributed by atoms with E-state index in [9.17, 15) is 0 Å². The molecule has 6 aromatic rings. The number of para-hydroxylation sites is 2. The third kappa shape index (κ3) is 4.47. The average molecular weight is 504 g/mol. The first-order valence-electron chi connectivity index (χ1n) is 13.0. The largest absolute Gasteiger partial charge is 0.355 e. The lowest BCUT2D eigenvalue weighted by atomic mass is 10.0. The van der Waals surface area contributed by atoms with Gasteiger partial charge in [-0.25, -0.2) is 0 Å². The number of rotatable bonds is 7. The van der Waals surface area contributed by atoms with E-state index in [0.29, 0.717) is 0 Å². The minimum absolute atomic E-state index is 1.08. The van der Waals surface area contributed by atoms with Gasteiger partial charge in [0.25, 0.3) is 0 Å². The second kappa shape index (κ2) is 10.8. The van der Waals surface area contributed by atoms with Crippen molar-refractivity contribution in [3.63, 3.8) is 0 Å². The average Bonchev–Trinajstić information content (AvgIpc) is 3.01. The summed E-state index contributed by atoms with van der Waals surface area (Å²) in [6.07, 6.45) is 0. The number of nitrogens with one attached hydrogen (secondary N) is 1. The fourth-order valence-electron chi connectivity index (χ4n) is 5.49. The first kappa shape index (κ1) is 23.7. The summed E-state index contributed by atoms with van der Waals surface area (Å²) < 4.78 is 0. The summed E-state index contributed by atoms with van der Waals surface area (Å²) in [5.41, 5.74) is 4.57. The molecule has 6 aromatic carbocycles. The van der Waals surface area contributed by atoms with Gasteiger partial charge in [-0.2, -0.15) is 0 Å². The predicted molar refractivity (Wildman–Crippen MR) is 165 cm³/mol. The van der Waals surface area contributed by atoms with Crippen molar-refractivity contribution in [2.24, 2.45) is 0 Å². The molecular formula is C36H29NSi. The Morgan fingerprint density at radius 2 is 0.737 bits per heavy atom. The minimum Gasteiger partial charge on any atom is -0.355 e. The van der Waals surface area contributed by atoms with Crippen LogP contribution in [0.1, 0.15) is 0 Å². The van der Waals surface area contributed by atoms with Gasteiger partial charge in [-0.3, -0.25) is 0 Å². The molecule has 0 aromatic heterocycles. The van der Waals surface area contributed by atoms with Gasteiger partial charge in [0.2, 0.25) is 0 Å². The van der Waals surface area contributed by atoms with E-state index in [-0.39, 0.29) is 0 Å². The molecule has 0 aliphatic heterocycles. The molecule has 0 spiro atoms. The van der Waals surface area contributed by atoms with Gasteiger partial charge in [-0.1, -0.05) is 152 Å². The Kier molecular flexibility index (Phi) is 6.71. The highest BCUT2D eigenvalue weighted by Gasteiger charge is 2.41. The molecule has 0 heterocycles. The van der Waals surface area contributed by atoms with Gasteiger partial charge in [0.05, 0.1) is 0 Å². The Morgan fingerprint density at radius 3 is 1.24 bits per heavy atom. The standard InChI is InChI=1S/C36H29NSi/c1-5-15-30(16-6-1)37-36-24-14-13-23-35(36)29-25-27-34(28-26-29)38(31-17-7-2-8-18-31,32-19-9-3-10-20-32)33-21-11-4-12-22-33/h1-28,37H. The number of benzene rings is 6. The van der Waals surface area contributed by atoms with Gasteiger partial charge in [0, 0.05) is 16.9 Å². The van der Waals surface area contributed by atoms with Gasteiger partial charge in [-0.05, 0) is 44.5 Å². The molecule has 0 radical (unpaired) electrons. The van der Waals surface area contributed by atoms with E-state index in [4.69, 9.17) is 0 Å². The predicted octanol–water partition coefficient (Wildman–Crippen LogP) is 6.47. The Hall–Kier alpha value is -4.66. The maximum atomic E-state index is 3.60. The minimum atomic E-state index is -2.51. The van der Waals surface area contributed by atoms with Crippen molar-refractivity contribution in [3.05, 3.63) is 170 Å². The van der Waals surface area contributed by atoms with Gasteiger partial charge in [0.1, 0.15) is 0 Å². The van der Waals surface area contributed by atoms with E-state index in [0.717, 1.165) is 11.4 Å². The second-order valence-electron chi connectivity index (χ2n) is 9.46. The summed E-state index contributed by atoms with van der Waals surface area (Å²) in [4.78, 5) is 0. The van der Waals surface area contributed by atoms with E-state index in [1.807, 2.05) is 6.07 Å². The van der Waals surface area contributed by atoms with Crippen LogP contribution in [0.25, 0.3) is 11.1 Å². The summed E-state index contributed by atoms with van der Waals surface area (Å²) in [6, 6.07) is 61.3. The maximum Gasteiger partial charge on any atom is 0.179 e. The SMILES string of the molecule is c1ccc(Nc2ccccc2-c2ccc([Si](c3ccccc3)(c3ccccc3)c3ccccc3)cc2)cc1. The zero-order valence-corrected chi connectivity index (χ0v) is 22.2. The quantitative estimate of drug-likeness (QED) is 0.194. The van der Waals surface area contributed by atoms with Crippen LogP contribution in [0.5, 0.6) is 0 Å². The van der Waals surface area contributed by atoms with Crippen LogP contribution in [-0.4, -0.2) is 8.07 Å². The molecule has 6 rings (SSSR count). The summed E-state index contributed by atoms with van der Waals surface area (Å²) in [7, 11) is -2.51. The molecule has 2 heteroatoms. The fraction of sp³-hybridized carbons (Fsp3) is 0. The fourth-order valence-corrected chi connectivity index (χ4v) is 10.2.